The molecule has 0 heterocycles. The van der Waals surface area contributed by atoms with E-state index < -0.39 is 35.7 Å². The summed E-state index contributed by atoms with van der Waals surface area (Å²) in [4.78, 5) is 36.2. The lowest BCUT2D eigenvalue weighted by Crippen LogP contribution is -2.51. The van der Waals surface area contributed by atoms with E-state index in [-0.39, 0.29) is 24.6 Å². The van der Waals surface area contributed by atoms with E-state index in [9.17, 15) is 32.7 Å². The van der Waals surface area contributed by atoms with E-state index in [1.165, 1.54) is 24.5 Å². The highest BCUT2D eigenvalue weighted by atomic mass is 19.4. The molecule has 6 N–H and O–H groups in total. The second kappa shape index (κ2) is 13.0. The number of aliphatic hydroxyl groups is 1. The van der Waals surface area contributed by atoms with Gasteiger partial charge in [0.2, 0.25) is 5.91 Å². The molecular weight excluding hydrogens is 517 g/mol. The second-order valence-corrected chi connectivity index (χ2v) is 8.67. The summed E-state index contributed by atoms with van der Waals surface area (Å²) in [5, 5.41) is 26.4. The number of alkyl halides is 3. The van der Waals surface area contributed by atoms with Crippen molar-refractivity contribution in [1.82, 2.24) is 16.1 Å². The number of hydroxylamine groups is 1. The van der Waals surface area contributed by atoms with Crippen LogP contribution in [0.4, 0.5) is 18.9 Å². The molecule has 3 rings (SSSR count). The van der Waals surface area contributed by atoms with Gasteiger partial charge in [0.05, 0.1) is 18.2 Å². The molecule has 3 aromatic rings. The molecule has 0 aliphatic carbocycles. The van der Waals surface area contributed by atoms with E-state index in [0.717, 1.165) is 23.3 Å². The highest BCUT2D eigenvalue weighted by Crippen LogP contribution is 2.29. The van der Waals surface area contributed by atoms with Crippen molar-refractivity contribution in [2.45, 2.75) is 31.8 Å². The van der Waals surface area contributed by atoms with Crippen LogP contribution in [0.2, 0.25) is 0 Å². The molecule has 9 nitrogen and oxygen atoms in total. The van der Waals surface area contributed by atoms with E-state index in [4.69, 9.17) is 5.21 Å². The molecule has 12 heteroatoms. The first kappa shape index (κ1) is 29.3. The van der Waals surface area contributed by atoms with Gasteiger partial charge < -0.3 is 21.1 Å². The third-order valence-corrected chi connectivity index (χ3v) is 5.71. The van der Waals surface area contributed by atoms with Crippen LogP contribution < -0.4 is 21.4 Å². The molecule has 0 aliphatic rings. The highest BCUT2D eigenvalue weighted by molar-refractivity contribution is 5.98. The Bertz CT molecular complexity index is 1280. The number of halogens is 3. The standard InChI is InChI=1S/C27H27F3N4O5/c1-16(35)24(26(38)34-39)33-25(37)20-6-4-18(5-7-20)19-8-12-22(13-9-19)32-23(36)15-31-14-17-2-10-21(11-3-17)27(28,29)30/h2-13,16,24,31,35,39H,14-15H2,1H3,(H,32,36)(H,33,37)(H,34,38)/t16-,24+/m1/s1. The first-order chi connectivity index (χ1) is 18.5. The molecule has 0 fully saturated rings. The van der Waals surface area contributed by atoms with Crippen molar-refractivity contribution >= 4 is 23.4 Å². The zero-order chi connectivity index (χ0) is 28.6. The summed E-state index contributed by atoms with van der Waals surface area (Å²) < 4.78 is 37.9. The van der Waals surface area contributed by atoms with Gasteiger partial charge >= 0.3 is 6.18 Å². The Morgan fingerprint density at radius 1 is 0.872 bits per heavy atom. The number of anilines is 1. The van der Waals surface area contributed by atoms with Crippen LogP contribution in [-0.4, -0.2) is 46.7 Å². The Morgan fingerprint density at radius 2 is 1.44 bits per heavy atom. The maximum atomic E-state index is 12.6. The fourth-order valence-corrected chi connectivity index (χ4v) is 3.60. The fraction of sp³-hybridized carbons (Fsp3) is 0.222. The van der Waals surface area contributed by atoms with Crippen LogP contribution >= 0.6 is 0 Å². The van der Waals surface area contributed by atoms with Gasteiger partial charge in [0.25, 0.3) is 11.8 Å². The second-order valence-electron chi connectivity index (χ2n) is 8.67. The van der Waals surface area contributed by atoms with Crippen LogP contribution in [0.25, 0.3) is 11.1 Å². The van der Waals surface area contributed by atoms with Gasteiger partial charge in [-0.15, -0.1) is 0 Å². The quantitative estimate of drug-likeness (QED) is 0.171. The summed E-state index contributed by atoms with van der Waals surface area (Å²) in [5.41, 5.74) is 3.65. The average molecular weight is 545 g/mol. The zero-order valence-electron chi connectivity index (χ0n) is 20.8. The molecule has 2 atom stereocenters. The smallest absolute Gasteiger partial charge is 0.391 e. The third kappa shape index (κ3) is 8.37. The Balaban J connectivity index is 1.50. The van der Waals surface area contributed by atoms with Gasteiger partial charge in [0.1, 0.15) is 6.04 Å². The largest absolute Gasteiger partial charge is 0.416 e. The van der Waals surface area contributed by atoms with Crippen molar-refractivity contribution < 1.29 is 37.9 Å². The number of carbonyl (C=O) groups excluding carboxylic acids is 3. The molecule has 0 bridgehead atoms. The SMILES string of the molecule is C[C@@H](O)[C@H](NC(=O)c1ccc(-c2ccc(NC(=O)CNCc3ccc(C(F)(F)F)cc3)cc2)cc1)C(=O)NO. The lowest BCUT2D eigenvalue weighted by atomic mass is 10.0. The summed E-state index contributed by atoms with van der Waals surface area (Å²) in [5.74, 6) is -1.88. The molecule has 0 aromatic heterocycles. The average Bonchev–Trinajstić information content (AvgIpc) is 2.91. The van der Waals surface area contributed by atoms with E-state index in [1.807, 2.05) is 0 Å². The van der Waals surface area contributed by atoms with Crippen molar-refractivity contribution in [2.75, 3.05) is 11.9 Å². The Labute approximate surface area is 222 Å². The lowest BCUT2D eigenvalue weighted by Gasteiger charge is -2.19. The number of nitrogens with one attached hydrogen (secondary N) is 4. The minimum Gasteiger partial charge on any atom is -0.391 e. The molecule has 0 saturated carbocycles. The summed E-state index contributed by atoms with van der Waals surface area (Å²) >= 11 is 0. The number of carbonyl (C=O) groups is 3. The number of amides is 3. The van der Waals surface area contributed by atoms with Crippen molar-refractivity contribution in [3.05, 3.63) is 89.5 Å². The molecule has 3 amide bonds. The highest BCUT2D eigenvalue weighted by Gasteiger charge is 2.30. The molecule has 0 unspecified atom stereocenters. The van der Waals surface area contributed by atoms with E-state index in [0.29, 0.717) is 11.3 Å². The van der Waals surface area contributed by atoms with E-state index in [1.54, 1.807) is 48.5 Å². The number of hydrogen-bond acceptors (Lipinski definition) is 6. The Kier molecular flexibility index (Phi) is 9.77. The molecule has 0 radical (unpaired) electrons. The van der Waals surface area contributed by atoms with Crippen LogP contribution in [0.5, 0.6) is 0 Å². The molecule has 206 valence electrons. The van der Waals surface area contributed by atoms with Crippen LogP contribution in [0.1, 0.15) is 28.4 Å². The van der Waals surface area contributed by atoms with Gasteiger partial charge in [-0.1, -0.05) is 36.4 Å². The molecule has 3 aromatic carbocycles. The predicted octanol–water partition coefficient (Wildman–Crippen LogP) is 3.09. The van der Waals surface area contributed by atoms with Gasteiger partial charge in [-0.05, 0) is 60.0 Å². The predicted molar refractivity (Wildman–Crippen MR) is 137 cm³/mol. The van der Waals surface area contributed by atoms with Gasteiger partial charge in [-0.2, -0.15) is 13.2 Å². The first-order valence-electron chi connectivity index (χ1n) is 11.8. The lowest BCUT2D eigenvalue weighted by molar-refractivity contribution is -0.137. The van der Waals surface area contributed by atoms with Crippen LogP contribution in [0.15, 0.2) is 72.8 Å². The molecular formula is C27H27F3N4O5. The van der Waals surface area contributed by atoms with Gasteiger partial charge in [-0.25, -0.2) is 5.48 Å². The van der Waals surface area contributed by atoms with Crippen LogP contribution in [0, 0.1) is 0 Å². The van der Waals surface area contributed by atoms with E-state index in [2.05, 4.69) is 16.0 Å². The number of aliphatic hydroxyl groups excluding tert-OH is 1. The van der Waals surface area contributed by atoms with Crippen molar-refractivity contribution in [3.8, 4) is 11.1 Å². The summed E-state index contributed by atoms with van der Waals surface area (Å²) in [6, 6.07) is 16.8. The molecule has 39 heavy (non-hydrogen) atoms. The van der Waals surface area contributed by atoms with E-state index >= 15 is 0 Å². The van der Waals surface area contributed by atoms with Crippen LogP contribution in [0.3, 0.4) is 0 Å². The number of rotatable bonds is 10. The zero-order valence-corrected chi connectivity index (χ0v) is 20.8. The Hall–Kier alpha value is -4.26. The number of hydrogen-bond donors (Lipinski definition) is 6. The van der Waals surface area contributed by atoms with Gasteiger partial charge in [0, 0.05) is 17.8 Å². The summed E-state index contributed by atoms with van der Waals surface area (Å²) in [7, 11) is 0. The van der Waals surface area contributed by atoms with Crippen LogP contribution in [-0.2, 0) is 22.3 Å². The number of benzene rings is 3. The fourth-order valence-electron chi connectivity index (χ4n) is 3.60. The van der Waals surface area contributed by atoms with Crippen molar-refractivity contribution in [2.24, 2.45) is 0 Å². The maximum Gasteiger partial charge on any atom is 0.416 e. The Morgan fingerprint density at radius 3 is 1.95 bits per heavy atom. The summed E-state index contributed by atoms with van der Waals surface area (Å²) in [6.07, 6.45) is -5.62. The topological polar surface area (TPSA) is 140 Å². The molecule has 0 spiro atoms. The normalized spacial score (nSPS) is 12.8. The summed E-state index contributed by atoms with van der Waals surface area (Å²) in [6.45, 7) is 1.49. The van der Waals surface area contributed by atoms with Gasteiger partial charge in [-0.3, -0.25) is 19.6 Å². The van der Waals surface area contributed by atoms with Gasteiger partial charge in [0.15, 0.2) is 0 Å². The first-order valence-corrected chi connectivity index (χ1v) is 11.8. The van der Waals surface area contributed by atoms with Crippen molar-refractivity contribution in [1.29, 1.82) is 0 Å². The maximum absolute atomic E-state index is 12.6. The minimum absolute atomic E-state index is 0.0395. The van der Waals surface area contributed by atoms with Crippen molar-refractivity contribution in [3.63, 3.8) is 0 Å². The monoisotopic (exact) mass is 544 g/mol. The minimum atomic E-state index is -4.40. The third-order valence-electron chi connectivity index (χ3n) is 5.71. The molecule has 0 saturated heterocycles. The molecule has 0 aliphatic heterocycles.